The summed E-state index contributed by atoms with van der Waals surface area (Å²) in [4.78, 5) is 14.1. The third-order valence-electron chi connectivity index (χ3n) is 4.30. The molecule has 1 saturated heterocycles. The lowest BCUT2D eigenvalue weighted by molar-refractivity contribution is -0.132. The number of nitrogens with zero attached hydrogens (tertiary/aromatic N) is 2. The SMILES string of the molecule is CCCCCCCCCC(=O)N1CCCC(C(N)=NO)C1. The Labute approximate surface area is 128 Å². The fraction of sp³-hybridized carbons (Fsp3) is 0.875. The minimum atomic E-state index is 0.0155. The van der Waals surface area contributed by atoms with E-state index in [1.165, 1.54) is 32.1 Å². The van der Waals surface area contributed by atoms with Gasteiger partial charge in [-0.25, -0.2) is 0 Å². The van der Waals surface area contributed by atoms with E-state index in [4.69, 9.17) is 10.9 Å². The summed E-state index contributed by atoms with van der Waals surface area (Å²) in [6.45, 7) is 3.63. The van der Waals surface area contributed by atoms with Gasteiger partial charge >= 0.3 is 0 Å². The average Bonchev–Trinajstić information content (AvgIpc) is 2.53. The summed E-state index contributed by atoms with van der Waals surface area (Å²) in [6, 6.07) is 0. The van der Waals surface area contributed by atoms with Gasteiger partial charge in [0.1, 0.15) is 5.84 Å². The summed E-state index contributed by atoms with van der Waals surface area (Å²) in [6.07, 6.45) is 11.0. The standard InChI is InChI=1S/C16H31N3O2/c1-2-3-4-5-6-7-8-11-15(20)19-12-9-10-14(13-19)16(17)18-21/h14,21H,2-13H2,1H3,(H2,17,18). The van der Waals surface area contributed by atoms with Crippen LogP contribution >= 0.6 is 0 Å². The lowest BCUT2D eigenvalue weighted by Gasteiger charge is -2.32. The Bertz CT molecular complexity index is 331. The van der Waals surface area contributed by atoms with E-state index in [0.29, 0.717) is 13.0 Å². The van der Waals surface area contributed by atoms with E-state index in [-0.39, 0.29) is 17.7 Å². The summed E-state index contributed by atoms with van der Waals surface area (Å²) in [5.41, 5.74) is 5.65. The molecule has 0 aromatic carbocycles. The molecule has 1 amide bonds. The molecule has 0 aliphatic carbocycles. The Balaban J connectivity index is 2.17. The van der Waals surface area contributed by atoms with Gasteiger partial charge in [-0.2, -0.15) is 0 Å². The van der Waals surface area contributed by atoms with E-state index >= 15 is 0 Å². The Morgan fingerprint density at radius 3 is 2.57 bits per heavy atom. The topological polar surface area (TPSA) is 78.9 Å². The van der Waals surface area contributed by atoms with Crippen molar-refractivity contribution in [2.75, 3.05) is 13.1 Å². The lowest BCUT2D eigenvalue weighted by Crippen LogP contribution is -2.44. The minimum absolute atomic E-state index is 0.0155. The second kappa shape index (κ2) is 10.5. The fourth-order valence-electron chi connectivity index (χ4n) is 2.92. The number of hydrogen-bond acceptors (Lipinski definition) is 3. The van der Waals surface area contributed by atoms with Crippen LogP contribution in [0.5, 0.6) is 0 Å². The molecule has 1 fully saturated rings. The van der Waals surface area contributed by atoms with Gasteiger partial charge in [0.15, 0.2) is 0 Å². The molecule has 1 rings (SSSR count). The number of likely N-dealkylation sites (tertiary alicyclic amines) is 1. The van der Waals surface area contributed by atoms with Crippen molar-refractivity contribution in [3.63, 3.8) is 0 Å². The van der Waals surface area contributed by atoms with Crippen molar-refractivity contribution in [1.29, 1.82) is 0 Å². The van der Waals surface area contributed by atoms with Gasteiger partial charge in [0.25, 0.3) is 0 Å². The van der Waals surface area contributed by atoms with Crippen LogP contribution in [0.3, 0.4) is 0 Å². The van der Waals surface area contributed by atoms with E-state index in [1.807, 2.05) is 4.90 Å². The van der Waals surface area contributed by atoms with Crippen LogP contribution in [0.4, 0.5) is 0 Å². The number of unbranched alkanes of at least 4 members (excludes halogenated alkanes) is 6. The van der Waals surface area contributed by atoms with Crippen LogP contribution in [0.2, 0.25) is 0 Å². The molecule has 0 radical (unpaired) electrons. The van der Waals surface area contributed by atoms with E-state index < -0.39 is 0 Å². The monoisotopic (exact) mass is 297 g/mol. The third-order valence-corrected chi connectivity index (χ3v) is 4.30. The van der Waals surface area contributed by atoms with Crippen molar-refractivity contribution >= 4 is 11.7 Å². The summed E-state index contributed by atoms with van der Waals surface area (Å²) >= 11 is 0. The molecule has 0 saturated carbocycles. The van der Waals surface area contributed by atoms with Gasteiger partial charge in [-0.3, -0.25) is 4.79 Å². The molecule has 0 bridgehead atoms. The van der Waals surface area contributed by atoms with Crippen molar-refractivity contribution in [2.24, 2.45) is 16.8 Å². The van der Waals surface area contributed by atoms with E-state index in [9.17, 15) is 4.79 Å². The Kier molecular flexibility index (Phi) is 8.87. The second-order valence-corrected chi connectivity index (χ2v) is 6.08. The van der Waals surface area contributed by atoms with Gasteiger partial charge in [-0.05, 0) is 19.3 Å². The summed E-state index contributed by atoms with van der Waals surface area (Å²) in [5, 5.41) is 11.8. The first-order valence-electron chi connectivity index (χ1n) is 8.44. The fourth-order valence-corrected chi connectivity index (χ4v) is 2.92. The highest BCUT2D eigenvalue weighted by molar-refractivity contribution is 5.83. The average molecular weight is 297 g/mol. The largest absolute Gasteiger partial charge is 0.409 e. The number of oxime groups is 1. The minimum Gasteiger partial charge on any atom is -0.409 e. The first-order chi connectivity index (χ1) is 10.2. The molecule has 5 heteroatoms. The van der Waals surface area contributed by atoms with Crippen molar-refractivity contribution in [2.45, 2.75) is 71.1 Å². The quantitative estimate of drug-likeness (QED) is 0.226. The highest BCUT2D eigenvalue weighted by Gasteiger charge is 2.25. The van der Waals surface area contributed by atoms with Gasteiger partial charge in [0.2, 0.25) is 5.91 Å². The Morgan fingerprint density at radius 2 is 1.90 bits per heavy atom. The maximum absolute atomic E-state index is 12.2. The van der Waals surface area contributed by atoms with Crippen LogP contribution in [0.25, 0.3) is 0 Å². The van der Waals surface area contributed by atoms with Crippen molar-refractivity contribution in [1.82, 2.24) is 4.90 Å². The first-order valence-corrected chi connectivity index (χ1v) is 8.44. The van der Waals surface area contributed by atoms with Crippen LogP contribution in [0, 0.1) is 5.92 Å². The van der Waals surface area contributed by atoms with Crippen LogP contribution in [0.1, 0.15) is 71.1 Å². The number of rotatable bonds is 9. The van der Waals surface area contributed by atoms with Crippen molar-refractivity contribution in [3.05, 3.63) is 0 Å². The molecule has 1 aliphatic rings. The summed E-state index contributed by atoms with van der Waals surface area (Å²) in [7, 11) is 0. The molecule has 1 unspecified atom stereocenters. The number of hydrogen-bond donors (Lipinski definition) is 2. The smallest absolute Gasteiger partial charge is 0.222 e. The maximum Gasteiger partial charge on any atom is 0.222 e. The molecule has 0 aromatic rings. The normalized spacial score (nSPS) is 19.8. The van der Waals surface area contributed by atoms with Gasteiger partial charge in [-0.1, -0.05) is 50.6 Å². The molecule has 1 aliphatic heterocycles. The zero-order chi connectivity index (χ0) is 15.5. The maximum atomic E-state index is 12.2. The number of amides is 1. The molecule has 1 atom stereocenters. The highest BCUT2D eigenvalue weighted by atomic mass is 16.4. The molecular formula is C16H31N3O2. The number of amidine groups is 1. The predicted octanol–water partition coefficient (Wildman–Crippen LogP) is 3.11. The van der Waals surface area contributed by atoms with E-state index in [1.54, 1.807) is 0 Å². The lowest BCUT2D eigenvalue weighted by atomic mass is 9.96. The Hall–Kier alpha value is -1.26. The number of piperidine rings is 1. The number of carbonyl (C=O) groups is 1. The van der Waals surface area contributed by atoms with Crippen molar-refractivity contribution < 1.29 is 10.0 Å². The molecule has 1 heterocycles. The summed E-state index contributed by atoms with van der Waals surface area (Å²) < 4.78 is 0. The van der Waals surface area contributed by atoms with E-state index in [0.717, 1.165) is 32.2 Å². The molecule has 122 valence electrons. The highest BCUT2D eigenvalue weighted by Crippen LogP contribution is 2.18. The number of nitrogens with two attached hydrogens (primary N) is 1. The van der Waals surface area contributed by atoms with Crippen LogP contribution in [-0.4, -0.2) is 34.9 Å². The van der Waals surface area contributed by atoms with Gasteiger partial charge in [0.05, 0.1) is 0 Å². The van der Waals surface area contributed by atoms with Gasteiger partial charge < -0.3 is 15.8 Å². The molecule has 0 spiro atoms. The zero-order valence-electron chi connectivity index (χ0n) is 13.4. The van der Waals surface area contributed by atoms with Gasteiger partial charge in [-0.15, -0.1) is 0 Å². The Morgan fingerprint density at radius 1 is 1.24 bits per heavy atom. The molecule has 5 nitrogen and oxygen atoms in total. The molecular weight excluding hydrogens is 266 g/mol. The molecule has 3 N–H and O–H groups in total. The van der Waals surface area contributed by atoms with Crippen LogP contribution in [0.15, 0.2) is 5.16 Å². The van der Waals surface area contributed by atoms with E-state index in [2.05, 4.69) is 12.1 Å². The summed E-state index contributed by atoms with van der Waals surface area (Å²) in [5.74, 6) is 0.490. The second-order valence-electron chi connectivity index (χ2n) is 6.08. The predicted molar refractivity (Wildman–Crippen MR) is 85.3 cm³/mol. The van der Waals surface area contributed by atoms with Gasteiger partial charge in [0, 0.05) is 25.4 Å². The molecule has 21 heavy (non-hydrogen) atoms. The van der Waals surface area contributed by atoms with Crippen LogP contribution < -0.4 is 5.73 Å². The van der Waals surface area contributed by atoms with Crippen molar-refractivity contribution in [3.8, 4) is 0 Å². The third kappa shape index (κ3) is 6.82. The van der Waals surface area contributed by atoms with Crippen LogP contribution in [-0.2, 0) is 4.79 Å². The zero-order valence-corrected chi connectivity index (χ0v) is 13.4. The first kappa shape index (κ1) is 17.8. The molecule has 0 aromatic heterocycles. The number of carbonyl (C=O) groups excluding carboxylic acids is 1.